The van der Waals surface area contributed by atoms with Gasteiger partial charge in [-0.15, -0.1) is 0 Å². The highest BCUT2D eigenvalue weighted by atomic mass is 35.5. The van der Waals surface area contributed by atoms with Crippen molar-refractivity contribution in [2.75, 3.05) is 11.1 Å². The number of nitrogen functional groups attached to an aromatic ring is 1. The third kappa shape index (κ3) is 4.69. The lowest BCUT2D eigenvalue weighted by Crippen LogP contribution is -2.18. The molecular weight excluding hydrogens is 248 g/mol. The predicted octanol–water partition coefficient (Wildman–Crippen LogP) is 3.79. The molecule has 1 heterocycles. The Morgan fingerprint density at radius 2 is 2.00 bits per heavy atom. The molecular formula is C13H23ClN4. The molecule has 0 saturated carbocycles. The first-order chi connectivity index (χ1) is 8.54. The van der Waals surface area contributed by atoms with Crippen molar-refractivity contribution in [2.45, 2.75) is 58.9 Å². The van der Waals surface area contributed by atoms with Crippen molar-refractivity contribution >= 4 is 23.1 Å². The van der Waals surface area contributed by atoms with Crippen molar-refractivity contribution in [2.24, 2.45) is 0 Å². The number of nitrogens with one attached hydrogen (secondary N) is 1. The van der Waals surface area contributed by atoms with Gasteiger partial charge in [-0.05, 0) is 31.9 Å². The minimum Gasteiger partial charge on any atom is -0.394 e. The summed E-state index contributed by atoms with van der Waals surface area (Å²) < 4.78 is 0. The predicted molar refractivity (Wildman–Crippen MR) is 78.0 cm³/mol. The highest BCUT2D eigenvalue weighted by Crippen LogP contribution is 2.22. The van der Waals surface area contributed by atoms with Gasteiger partial charge in [0.15, 0.2) is 5.82 Å². The molecule has 4 nitrogen and oxygen atoms in total. The lowest BCUT2D eigenvalue weighted by molar-refractivity contribution is 0.593. The van der Waals surface area contributed by atoms with Gasteiger partial charge in [0.25, 0.3) is 0 Å². The van der Waals surface area contributed by atoms with Crippen LogP contribution in [0.4, 0.5) is 11.5 Å². The maximum Gasteiger partial charge on any atom is 0.224 e. The number of hydrogen-bond donors (Lipinski definition) is 2. The fraction of sp³-hybridized carbons (Fsp3) is 0.692. The topological polar surface area (TPSA) is 63.8 Å². The van der Waals surface area contributed by atoms with Crippen LogP contribution in [0.25, 0.3) is 0 Å². The number of aromatic nitrogens is 2. The molecule has 0 fully saturated rings. The number of rotatable bonds is 7. The van der Waals surface area contributed by atoms with E-state index in [9.17, 15) is 0 Å². The standard InChI is InChI=1S/C13H23ClN4/c1-4-5-6-7-8-9(2)16-12-11(15)10(3)17-13(14)18-12/h9H,4-8,15H2,1-3H3,(H,16,17,18). The summed E-state index contributed by atoms with van der Waals surface area (Å²) in [5, 5.41) is 3.55. The molecule has 0 radical (unpaired) electrons. The minimum atomic E-state index is 0.238. The van der Waals surface area contributed by atoms with Crippen LogP contribution in [0.1, 0.15) is 51.6 Å². The minimum absolute atomic E-state index is 0.238. The van der Waals surface area contributed by atoms with Crippen molar-refractivity contribution in [3.8, 4) is 0 Å². The molecule has 0 bridgehead atoms. The second kappa shape index (κ2) is 7.41. The fourth-order valence-electron chi connectivity index (χ4n) is 1.84. The molecule has 0 aliphatic heterocycles. The molecule has 102 valence electrons. The third-order valence-corrected chi connectivity index (χ3v) is 3.15. The number of unbranched alkanes of at least 4 members (excludes halogenated alkanes) is 3. The van der Waals surface area contributed by atoms with Gasteiger partial charge in [-0.3, -0.25) is 0 Å². The van der Waals surface area contributed by atoms with Crippen molar-refractivity contribution < 1.29 is 0 Å². The Morgan fingerprint density at radius 3 is 2.67 bits per heavy atom. The summed E-state index contributed by atoms with van der Waals surface area (Å²) in [6.07, 6.45) is 6.17. The highest BCUT2D eigenvalue weighted by molar-refractivity contribution is 6.28. The van der Waals surface area contributed by atoms with E-state index in [4.69, 9.17) is 17.3 Å². The van der Waals surface area contributed by atoms with Crippen LogP contribution in [0.5, 0.6) is 0 Å². The van der Waals surface area contributed by atoms with Crippen LogP contribution in [-0.2, 0) is 0 Å². The molecule has 18 heavy (non-hydrogen) atoms. The molecule has 1 aromatic rings. The Bertz CT molecular complexity index is 381. The molecule has 5 heteroatoms. The molecule has 1 unspecified atom stereocenters. The second-order valence-electron chi connectivity index (χ2n) is 4.74. The number of anilines is 2. The van der Waals surface area contributed by atoms with Crippen LogP contribution < -0.4 is 11.1 Å². The van der Waals surface area contributed by atoms with Crippen molar-refractivity contribution in [1.29, 1.82) is 0 Å². The van der Waals surface area contributed by atoms with Crippen LogP contribution >= 0.6 is 11.6 Å². The zero-order valence-corrected chi connectivity index (χ0v) is 12.2. The average molecular weight is 271 g/mol. The Hall–Kier alpha value is -1.03. The quantitative estimate of drug-likeness (QED) is 0.584. The summed E-state index contributed by atoms with van der Waals surface area (Å²) in [6, 6.07) is 0.342. The Kier molecular flexibility index (Phi) is 6.19. The summed E-state index contributed by atoms with van der Waals surface area (Å²) in [7, 11) is 0. The summed E-state index contributed by atoms with van der Waals surface area (Å²) in [5.74, 6) is 0.649. The number of halogens is 1. The van der Waals surface area contributed by atoms with Gasteiger partial charge in [-0.1, -0.05) is 32.6 Å². The van der Waals surface area contributed by atoms with Gasteiger partial charge >= 0.3 is 0 Å². The van der Waals surface area contributed by atoms with Crippen LogP contribution in [0.2, 0.25) is 5.28 Å². The Morgan fingerprint density at radius 1 is 1.28 bits per heavy atom. The average Bonchev–Trinajstić information content (AvgIpc) is 2.31. The first kappa shape index (κ1) is 15.0. The Labute approximate surface area is 114 Å². The van der Waals surface area contributed by atoms with Crippen molar-refractivity contribution in [1.82, 2.24) is 9.97 Å². The lowest BCUT2D eigenvalue weighted by atomic mass is 10.1. The molecule has 0 spiro atoms. The summed E-state index contributed by atoms with van der Waals surface area (Å²) in [6.45, 7) is 6.19. The summed E-state index contributed by atoms with van der Waals surface area (Å²) >= 11 is 5.83. The van der Waals surface area contributed by atoms with Gasteiger partial charge in [0, 0.05) is 6.04 Å². The fourth-order valence-corrected chi connectivity index (χ4v) is 2.05. The number of nitrogens with zero attached hydrogens (tertiary/aromatic N) is 2. The van der Waals surface area contributed by atoms with E-state index in [0.717, 1.165) is 12.1 Å². The first-order valence-corrected chi connectivity index (χ1v) is 6.98. The van der Waals surface area contributed by atoms with E-state index in [2.05, 4.69) is 29.1 Å². The zero-order valence-electron chi connectivity index (χ0n) is 11.5. The highest BCUT2D eigenvalue weighted by Gasteiger charge is 2.10. The van der Waals surface area contributed by atoms with Gasteiger partial charge in [0.05, 0.1) is 11.4 Å². The van der Waals surface area contributed by atoms with Gasteiger partial charge in [0.2, 0.25) is 5.28 Å². The molecule has 3 N–H and O–H groups in total. The molecule has 0 aliphatic rings. The maximum atomic E-state index is 5.93. The normalized spacial score (nSPS) is 12.4. The van der Waals surface area contributed by atoms with Crippen molar-refractivity contribution in [3.63, 3.8) is 0 Å². The van der Waals surface area contributed by atoms with Gasteiger partial charge < -0.3 is 11.1 Å². The van der Waals surface area contributed by atoms with E-state index in [-0.39, 0.29) is 5.28 Å². The van der Waals surface area contributed by atoms with E-state index < -0.39 is 0 Å². The van der Waals surface area contributed by atoms with Gasteiger partial charge in [-0.2, -0.15) is 4.98 Å². The lowest BCUT2D eigenvalue weighted by Gasteiger charge is -2.16. The maximum absolute atomic E-state index is 5.93. The van der Waals surface area contributed by atoms with E-state index in [0.29, 0.717) is 17.5 Å². The van der Waals surface area contributed by atoms with E-state index in [1.165, 1.54) is 25.7 Å². The van der Waals surface area contributed by atoms with Gasteiger partial charge in [0.1, 0.15) is 0 Å². The first-order valence-electron chi connectivity index (χ1n) is 6.60. The van der Waals surface area contributed by atoms with Gasteiger partial charge in [-0.25, -0.2) is 4.98 Å². The van der Waals surface area contributed by atoms with Crippen LogP contribution in [0.3, 0.4) is 0 Å². The van der Waals surface area contributed by atoms with E-state index in [1.54, 1.807) is 0 Å². The number of nitrogens with two attached hydrogens (primary N) is 1. The Balaban J connectivity index is 2.51. The smallest absolute Gasteiger partial charge is 0.224 e. The van der Waals surface area contributed by atoms with Crippen molar-refractivity contribution in [3.05, 3.63) is 11.0 Å². The molecule has 1 rings (SSSR count). The monoisotopic (exact) mass is 270 g/mol. The van der Waals surface area contributed by atoms with Crippen LogP contribution in [-0.4, -0.2) is 16.0 Å². The number of hydrogen-bond acceptors (Lipinski definition) is 4. The van der Waals surface area contributed by atoms with E-state index >= 15 is 0 Å². The number of aryl methyl sites for hydroxylation is 1. The summed E-state index contributed by atoms with van der Waals surface area (Å²) in [4.78, 5) is 8.15. The molecule has 0 aromatic carbocycles. The SMILES string of the molecule is CCCCCCC(C)Nc1nc(Cl)nc(C)c1N. The van der Waals surface area contributed by atoms with Crippen LogP contribution in [0, 0.1) is 6.92 Å². The second-order valence-corrected chi connectivity index (χ2v) is 5.07. The van der Waals surface area contributed by atoms with Crippen LogP contribution in [0.15, 0.2) is 0 Å². The van der Waals surface area contributed by atoms with E-state index in [1.807, 2.05) is 6.92 Å². The molecule has 0 amide bonds. The zero-order chi connectivity index (χ0) is 13.5. The molecule has 1 atom stereocenters. The molecule has 1 aromatic heterocycles. The molecule has 0 saturated heterocycles. The molecule has 0 aliphatic carbocycles. The largest absolute Gasteiger partial charge is 0.394 e. The summed E-state index contributed by atoms with van der Waals surface area (Å²) in [5.41, 5.74) is 7.23. The third-order valence-electron chi connectivity index (χ3n) is 2.98.